The summed E-state index contributed by atoms with van der Waals surface area (Å²) in [5, 5.41) is 7.69. The summed E-state index contributed by atoms with van der Waals surface area (Å²) in [7, 11) is 0. The van der Waals surface area contributed by atoms with Crippen LogP contribution >= 0.6 is 22.7 Å². The number of fused-ring (bicyclic) bond motifs is 9. The third-order valence-electron chi connectivity index (χ3n) is 11.6. The van der Waals surface area contributed by atoms with Crippen LogP contribution in [0.4, 0.5) is 17.1 Å². The molecule has 12 rings (SSSR count). The van der Waals surface area contributed by atoms with Crippen LogP contribution in [-0.4, -0.2) is 4.57 Å². The van der Waals surface area contributed by atoms with E-state index >= 15 is 0 Å². The van der Waals surface area contributed by atoms with Gasteiger partial charge in [0.2, 0.25) is 0 Å². The van der Waals surface area contributed by atoms with Crippen molar-refractivity contribution in [3.05, 3.63) is 206 Å². The Morgan fingerprint density at radius 2 is 0.914 bits per heavy atom. The number of aromatic nitrogens is 1. The molecule has 272 valence electrons. The molecule has 4 heteroatoms. The van der Waals surface area contributed by atoms with Crippen LogP contribution in [-0.2, 0) is 0 Å². The first-order valence-electron chi connectivity index (χ1n) is 19.7. The van der Waals surface area contributed by atoms with Crippen molar-refractivity contribution in [3.8, 4) is 27.9 Å². The maximum atomic E-state index is 2.46. The van der Waals surface area contributed by atoms with Gasteiger partial charge in [-0.15, -0.1) is 22.7 Å². The Morgan fingerprint density at radius 3 is 1.71 bits per heavy atom. The second-order valence-corrected chi connectivity index (χ2v) is 17.1. The number of hydrogen-bond acceptors (Lipinski definition) is 3. The number of nitrogens with zero attached hydrogens (tertiary/aromatic N) is 2. The summed E-state index contributed by atoms with van der Waals surface area (Å²) in [6, 6.07) is 75.6. The number of hydrogen-bond donors (Lipinski definition) is 0. The summed E-state index contributed by atoms with van der Waals surface area (Å²) in [5.74, 6) is 0. The standard InChI is InChI=1S/C54H34N2S2/c1-3-13-35(14-4-1)37-25-29-50-46(31-37)42-17-7-10-20-49(42)56(50)41-33-45(54-48(34-41)44-19-9-12-22-52(44)58-54)36-23-26-39(27-24-36)55(38-15-5-2-6-16-38)40-28-30-53-47(32-40)43-18-8-11-21-51(43)57-53/h1-34H. The molecule has 3 aromatic heterocycles. The molecular weight excluding hydrogens is 741 g/mol. The molecule has 0 atom stereocenters. The normalized spacial score (nSPS) is 11.8. The Kier molecular flexibility index (Phi) is 7.62. The van der Waals surface area contributed by atoms with Crippen molar-refractivity contribution in [1.29, 1.82) is 0 Å². The summed E-state index contributed by atoms with van der Waals surface area (Å²) in [6.45, 7) is 0. The SMILES string of the molecule is c1ccc(-c2ccc3c(c2)c2ccccc2n3-c2cc(-c3ccc(N(c4ccccc4)c4ccc5sc6ccccc6c5c4)cc3)c3sc4ccccc4c3c2)cc1. The number of anilines is 3. The molecule has 3 heterocycles. The van der Waals surface area contributed by atoms with Gasteiger partial charge < -0.3 is 9.47 Å². The lowest BCUT2D eigenvalue weighted by Gasteiger charge is -2.26. The monoisotopic (exact) mass is 774 g/mol. The fraction of sp³-hybridized carbons (Fsp3) is 0. The molecule has 9 aromatic carbocycles. The minimum atomic E-state index is 1.12. The van der Waals surface area contributed by atoms with E-state index in [1.165, 1.54) is 84.4 Å². The molecule has 0 unspecified atom stereocenters. The largest absolute Gasteiger partial charge is 0.310 e. The van der Waals surface area contributed by atoms with Gasteiger partial charge in [-0.2, -0.15) is 0 Å². The van der Waals surface area contributed by atoms with E-state index in [9.17, 15) is 0 Å². The molecule has 0 fully saturated rings. The molecule has 0 amide bonds. The average Bonchev–Trinajstić information content (AvgIpc) is 3.96. The average molecular weight is 775 g/mol. The Bertz CT molecular complexity index is 3500. The van der Waals surface area contributed by atoms with Crippen LogP contribution in [0.25, 0.3) is 90.1 Å². The predicted molar refractivity (Wildman–Crippen MR) is 252 cm³/mol. The fourth-order valence-electron chi connectivity index (χ4n) is 8.88. The van der Waals surface area contributed by atoms with Gasteiger partial charge in [0.05, 0.1) is 11.0 Å². The van der Waals surface area contributed by atoms with Gasteiger partial charge in [0, 0.05) is 79.4 Å². The molecule has 12 aromatic rings. The summed E-state index contributed by atoms with van der Waals surface area (Å²) in [6.07, 6.45) is 0. The van der Waals surface area contributed by atoms with E-state index in [1.54, 1.807) is 0 Å². The molecule has 58 heavy (non-hydrogen) atoms. The van der Waals surface area contributed by atoms with E-state index in [4.69, 9.17) is 0 Å². The van der Waals surface area contributed by atoms with Gasteiger partial charge in [-0.25, -0.2) is 0 Å². The molecule has 0 N–H and O–H groups in total. The number of rotatable bonds is 6. The first kappa shape index (κ1) is 33.2. The van der Waals surface area contributed by atoms with Crippen molar-refractivity contribution >= 4 is 102 Å². The van der Waals surface area contributed by atoms with Gasteiger partial charge in [0.15, 0.2) is 0 Å². The Balaban J connectivity index is 1.04. The fourth-order valence-corrected chi connectivity index (χ4v) is 11.2. The van der Waals surface area contributed by atoms with Crippen molar-refractivity contribution in [2.24, 2.45) is 0 Å². The van der Waals surface area contributed by atoms with Crippen molar-refractivity contribution < 1.29 is 0 Å². The van der Waals surface area contributed by atoms with E-state index in [1.807, 2.05) is 22.7 Å². The zero-order valence-corrected chi connectivity index (χ0v) is 33.0. The minimum Gasteiger partial charge on any atom is -0.310 e. The minimum absolute atomic E-state index is 1.12. The van der Waals surface area contributed by atoms with Gasteiger partial charge in [-0.05, 0) is 102 Å². The zero-order chi connectivity index (χ0) is 38.2. The molecule has 0 aliphatic rings. The van der Waals surface area contributed by atoms with E-state index in [-0.39, 0.29) is 0 Å². The van der Waals surface area contributed by atoms with Crippen LogP contribution in [0.2, 0.25) is 0 Å². The van der Waals surface area contributed by atoms with Crippen LogP contribution < -0.4 is 4.90 Å². The van der Waals surface area contributed by atoms with Crippen molar-refractivity contribution in [1.82, 2.24) is 4.57 Å². The van der Waals surface area contributed by atoms with Gasteiger partial charge in [-0.3, -0.25) is 0 Å². The highest BCUT2D eigenvalue weighted by Crippen LogP contribution is 2.45. The third-order valence-corrected chi connectivity index (χ3v) is 13.9. The molecule has 2 nitrogen and oxygen atoms in total. The van der Waals surface area contributed by atoms with Gasteiger partial charge in [0.1, 0.15) is 0 Å². The smallest absolute Gasteiger partial charge is 0.0541 e. The van der Waals surface area contributed by atoms with E-state index in [0.717, 1.165) is 22.7 Å². The zero-order valence-electron chi connectivity index (χ0n) is 31.3. The molecule has 0 saturated heterocycles. The molecule has 0 saturated carbocycles. The molecule has 0 spiro atoms. The highest BCUT2D eigenvalue weighted by molar-refractivity contribution is 7.26. The first-order chi connectivity index (χ1) is 28.7. The van der Waals surface area contributed by atoms with Gasteiger partial charge >= 0.3 is 0 Å². The number of para-hydroxylation sites is 2. The molecule has 0 aliphatic heterocycles. The van der Waals surface area contributed by atoms with Crippen LogP contribution in [0.5, 0.6) is 0 Å². The quantitative estimate of drug-likeness (QED) is 0.163. The second-order valence-electron chi connectivity index (χ2n) is 14.9. The lowest BCUT2D eigenvalue weighted by Crippen LogP contribution is -2.09. The predicted octanol–water partition coefficient (Wildman–Crippen LogP) is 16.3. The molecular formula is C54H34N2S2. The van der Waals surface area contributed by atoms with Gasteiger partial charge in [0.25, 0.3) is 0 Å². The van der Waals surface area contributed by atoms with Gasteiger partial charge in [-0.1, -0.05) is 121 Å². The second kappa shape index (κ2) is 13.3. The molecule has 0 radical (unpaired) electrons. The van der Waals surface area contributed by atoms with Crippen LogP contribution in [0, 0.1) is 0 Å². The van der Waals surface area contributed by atoms with Crippen LogP contribution in [0.15, 0.2) is 206 Å². The van der Waals surface area contributed by atoms with Crippen molar-refractivity contribution in [2.45, 2.75) is 0 Å². The van der Waals surface area contributed by atoms with E-state index < -0.39 is 0 Å². The lowest BCUT2D eigenvalue weighted by atomic mass is 10.0. The van der Waals surface area contributed by atoms with Crippen molar-refractivity contribution in [3.63, 3.8) is 0 Å². The Hall–Kier alpha value is -6.98. The van der Waals surface area contributed by atoms with E-state index in [0.29, 0.717) is 0 Å². The summed E-state index contributed by atoms with van der Waals surface area (Å²) in [4.78, 5) is 2.38. The topological polar surface area (TPSA) is 8.17 Å². The van der Waals surface area contributed by atoms with Crippen LogP contribution in [0.3, 0.4) is 0 Å². The maximum Gasteiger partial charge on any atom is 0.0541 e. The number of benzene rings is 9. The number of thiophene rings is 2. The maximum absolute atomic E-state index is 2.46. The Labute approximate surface area is 343 Å². The molecule has 0 bridgehead atoms. The summed E-state index contributed by atoms with van der Waals surface area (Å²) >= 11 is 3.74. The highest BCUT2D eigenvalue weighted by Gasteiger charge is 2.19. The Morgan fingerprint density at radius 1 is 0.328 bits per heavy atom. The van der Waals surface area contributed by atoms with E-state index in [2.05, 4.69) is 216 Å². The third kappa shape index (κ3) is 5.30. The first-order valence-corrected chi connectivity index (χ1v) is 21.3. The molecule has 0 aliphatic carbocycles. The lowest BCUT2D eigenvalue weighted by molar-refractivity contribution is 1.19. The van der Waals surface area contributed by atoms with Crippen molar-refractivity contribution in [2.75, 3.05) is 4.90 Å². The van der Waals surface area contributed by atoms with Crippen LogP contribution in [0.1, 0.15) is 0 Å². The highest BCUT2D eigenvalue weighted by atomic mass is 32.1. The summed E-state index contributed by atoms with van der Waals surface area (Å²) in [5.41, 5.74) is 11.9. The summed E-state index contributed by atoms with van der Waals surface area (Å²) < 4.78 is 7.69.